The highest BCUT2D eigenvalue weighted by molar-refractivity contribution is 5.92. The van der Waals surface area contributed by atoms with Crippen molar-refractivity contribution in [3.05, 3.63) is 59.8 Å². The molecule has 0 atom stereocenters. The van der Waals surface area contributed by atoms with Crippen LogP contribution in [-0.4, -0.2) is 35.1 Å². The Labute approximate surface area is 119 Å². The molecule has 0 amide bonds. The van der Waals surface area contributed by atoms with Crippen molar-refractivity contribution < 1.29 is 9.53 Å². The van der Waals surface area contributed by atoms with E-state index in [9.17, 15) is 0 Å². The quantitative estimate of drug-likeness (QED) is 0.589. The first-order chi connectivity index (χ1) is 9.83. The van der Waals surface area contributed by atoms with Crippen LogP contribution in [-0.2, 0) is 0 Å². The smallest absolute Gasteiger partial charge is 0.295 e. The van der Waals surface area contributed by atoms with Gasteiger partial charge < -0.3 is 15.2 Å². The number of allylic oxidation sites excluding steroid dienone is 3. The molecule has 0 aromatic heterocycles. The predicted molar refractivity (Wildman–Crippen MR) is 79.7 cm³/mol. The van der Waals surface area contributed by atoms with Gasteiger partial charge in [-0.15, -0.1) is 0 Å². The zero-order chi connectivity index (χ0) is 14.2. The fourth-order valence-electron chi connectivity index (χ4n) is 2.10. The third-order valence-electron chi connectivity index (χ3n) is 3.22. The van der Waals surface area contributed by atoms with E-state index in [1.54, 1.807) is 0 Å². The summed E-state index contributed by atoms with van der Waals surface area (Å²) in [5, 5.41) is 0. The highest BCUT2D eigenvalue weighted by Crippen LogP contribution is 2.13. The number of hydrogen-bond donors (Lipinski definition) is 0. The van der Waals surface area contributed by atoms with E-state index in [1.165, 1.54) is 0 Å². The SMILES string of the molecule is CCN(CCOc1ccccc1)C1=CCC(=[N+]=[N-])C=C1. The molecule has 4 heteroatoms. The maximum atomic E-state index is 8.71. The molecule has 0 bridgehead atoms. The van der Waals surface area contributed by atoms with Crippen molar-refractivity contribution in [2.75, 3.05) is 19.7 Å². The standard InChI is InChI=1S/C16H19N3O/c1-2-19(15-10-8-14(18-17)9-11-15)12-13-20-16-6-4-3-5-7-16/h3-8,10-11H,2,9,12-13H2,1H3. The average molecular weight is 269 g/mol. The number of ether oxygens (including phenoxy) is 1. The highest BCUT2D eigenvalue weighted by Gasteiger charge is 2.12. The minimum absolute atomic E-state index is 0.643. The van der Waals surface area contributed by atoms with Crippen LogP contribution in [0.4, 0.5) is 0 Å². The van der Waals surface area contributed by atoms with E-state index in [0.717, 1.165) is 24.5 Å². The van der Waals surface area contributed by atoms with Crippen LogP contribution in [0.5, 0.6) is 5.75 Å². The van der Waals surface area contributed by atoms with E-state index in [1.807, 2.05) is 42.5 Å². The van der Waals surface area contributed by atoms with E-state index in [0.29, 0.717) is 18.7 Å². The summed E-state index contributed by atoms with van der Waals surface area (Å²) >= 11 is 0. The van der Waals surface area contributed by atoms with Crippen LogP contribution in [0.15, 0.2) is 54.3 Å². The predicted octanol–water partition coefficient (Wildman–Crippen LogP) is 2.90. The van der Waals surface area contributed by atoms with E-state index >= 15 is 0 Å². The number of para-hydroxylation sites is 1. The Balaban J connectivity index is 1.86. The summed E-state index contributed by atoms with van der Waals surface area (Å²) in [7, 11) is 0. The van der Waals surface area contributed by atoms with Crippen molar-refractivity contribution in [3.63, 3.8) is 0 Å². The van der Waals surface area contributed by atoms with Gasteiger partial charge in [0.15, 0.2) is 0 Å². The largest absolute Gasteiger partial charge is 0.492 e. The Hall–Kier alpha value is -2.32. The Kier molecular flexibility index (Phi) is 5.15. The topological polar surface area (TPSA) is 48.9 Å². The van der Waals surface area contributed by atoms with Gasteiger partial charge in [0.2, 0.25) is 0 Å². The normalized spacial score (nSPS) is 13.7. The van der Waals surface area contributed by atoms with Gasteiger partial charge in [0.25, 0.3) is 5.71 Å². The van der Waals surface area contributed by atoms with E-state index < -0.39 is 0 Å². The van der Waals surface area contributed by atoms with Crippen molar-refractivity contribution in [2.24, 2.45) is 0 Å². The Bertz CT molecular complexity index is 542. The summed E-state index contributed by atoms with van der Waals surface area (Å²) in [5.74, 6) is 0.895. The van der Waals surface area contributed by atoms with Gasteiger partial charge >= 0.3 is 0 Å². The lowest BCUT2D eigenvalue weighted by atomic mass is 10.1. The summed E-state index contributed by atoms with van der Waals surface area (Å²) in [5.41, 5.74) is 10.5. The van der Waals surface area contributed by atoms with E-state index in [4.69, 9.17) is 10.3 Å². The van der Waals surface area contributed by atoms with Gasteiger partial charge in [0, 0.05) is 18.3 Å². The van der Waals surface area contributed by atoms with E-state index in [2.05, 4.69) is 22.7 Å². The summed E-state index contributed by atoms with van der Waals surface area (Å²) in [6.45, 7) is 4.50. The van der Waals surface area contributed by atoms with Crippen molar-refractivity contribution in [1.82, 2.24) is 4.90 Å². The lowest BCUT2D eigenvalue weighted by Gasteiger charge is -2.25. The first-order valence-corrected chi connectivity index (χ1v) is 6.85. The lowest BCUT2D eigenvalue weighted by molar-refractivity contribution is -0.00547. The zero-order valence-corrected chi connectivity index (χ0v) is 11.7. The second kappa shape index (κ2) is 7.31. The van der Waals surface area contributed by atoms with Crippen molar-refractivity contribution in [1.29, 1.82) is 0 Å². The maximum absolute atomic E-state index is 8.71. The molecular weight excluding hydrogens is 250 g/mol. The van der Waals surface area contributed by atoms with E-state index in [-0.39, 0.29) is 0 Å². The van der Waals surface area contributed by atoms with Crippen molar-refractivity contribution >= 4 is 5.71 Å². The van der Waals surface area contributed by atoms with Gasteiger partial charge in [0.05, 0.1) is 13.0 Å². The highest BCUT2D eigenvalue weighted by atomic mass is 16.5. The fraction of sp³-hybridized carbons (Fsp3) is 0.312. The van der Waals surface area contributed by atoms with Crippen LogP contribution in [0.2, 0.25) is 0 Å². The first-order valence-electron chi connectivity index (χ1n) is 6.85. The molecule has 104 valence electrons. The van der Waals surface area contributed by atoms with Crippen LogP contribution in [0.3, 0.4) is 0 Å². The molecular formula is C16H19N3O. The third-order valence-corrected chi connectivity index (χ3v) is 3.22. The molecule has 1 aromatic rings. The molecule has 0 unspecified atom stereocenters. The molecule has 4 nitrogen and oxygen atoms in total. The summed E-state index contributed by atoms with van der Waals surface area (Å²) in [4.78, 5) is 5.45. The second-order valence-corrected chi connectivity index (χ2v) is 4.50. The number of likely N-dealkylation sites (N-methyl/N-ethyl adjacent to an activating group) is 1. The fourth-order valence-corrected chi connectivity index (χ4v) is 2.10. The van der Waals surface area contributed by atoms with Crippen LogP contribution >= 0.6 is 0 Å². The number of hydrogen-bond acceptors (Lipinski definition) is 2. The molecule has 2 rings (SSSR count). The van der Waals surface area contributed by atoms with Crippen molar-refractivity contribution in [3.8, 4) is 5.75 Å². The molecule has 0 spiro atoms. The third kappa shape index (κ3) is 3.84. The lowest BCUT2D eigenvalue weighted by Crippen LogP contribution is -2.28. The monoisotopic (exact) mass is 269 g/mol. The molecule has 0 fully saturated rings. The maximum Gasteiger partial charge on any atom is 0.295 e. The van der Waals surface area contributed by atoms with Gasteiger partial charge in [0.1, 0.15) is 12.4 Å². The van der Waals surface area contributed by atoms with Gasteiger partial charge in [-0.1, -0.05) is 18.2 Å². The van der Waals surface area contributed by atoms with Crippen LogP contribution in [0, 0.1) is 0 Å². The minimum atomic E-state index is 0.643. The summed E-state index contributed by atoms with van der Waals surface area (Å²) < 4.78 is 5.71. The van der Waals surface area contributed by atoms with Gasteiger partial charge in [-0.25, -0.2) is 0 Å². The van der Waals surface area contributed by atoms with Gasteiger partial charge in [-0.2, -0.15) is 4.79 Å². The first kappa shape index (κ1) is 14.1. The minimum Gasteiger partial charge on any atom is -0.492 e. The summed E-state index contributed by atoms with van der Waals surface area (Å²) in [6.07, 6.45) is 6.56. The molecule has 1 aromatic carbocycles. The van der Waals surface area contributed by atoms with Gasteiger partial charge in [-0.3, -0.25) is 0 Å². The number of rotatable bonds is 6. The van der Waals surface area contributed by atoms with Crippen LogP contribution in [0.25, 0.3) is 5.53 Å². The molecule has 0 saturated carbocycles. The Morgan fingerprint density at radius 3 is 2.65 bits per heavy atom. The molecule has 0 heterocycles. The number of benzene rings is 1. The zero-order valence-electron chi connectivity index (χ0n) is 11.7. The average Bonchev–Trinajstić information content (AvgIpc) is 2.53. The molecule has 20 heavy (non-hydrogen) atoms. The number of nitrogens with zero attached hydrogens (tertiary/aromatic N) is 3. The molecule has 1 aliphatic carbocycles. The molecule has 0 aliphatic heterocycles. The molecule has 0 N–H and O–H groups in total. The van der Waals surface area contributed by atoms with Crippen LogP contribution in [0.1, 0.15) is 13.3 Å². The second-order valence-electron chi connectivity index (χ2n) is 4.50. The van der Waals surface area contributed by atoms with Gasteiger partial charge in [-0.05, 0) is 31.2 Å². The molecule has 0 radical (unpaired) electrons. The summed E-state index contributed by atoms with van der Waals surface area (Å²) in [6, 6.07) is 9.83. The Morgan fingerprint density at radius 1 is 1.25 bits per heavy atom. The van der Waals surface area contributed by atoms with Crippen LogP contribution < -0.4 is 4.74 Å². The molecule has 1 aliphatic rings. The Morgan fingerprint density at radius 2 is 2.05 bits per heavy atom. The van der Waals surface area contributed by atoms with Crippen molar-refractivity contribution in [2.45, 2.75) is 13.3 Å². The molecule has 0 saturated heterocycles.